The van der Waals surface area contributed by atoms with Crippen LogP contribution < -0.4 is 5.73 Å². The van der Waals surface area contributed by atoms with E-state index in [9.17, 15) is 27.9 Å². The number of alkyl halides is 3. The minimum absolute atomic E-state index is 0.0373. The number of quaternary nitrogens is 1. The number of hydrogen-bond donors (Lipinski definition) is 2. The van der Waals surface area contributed by atoms with E-state index >= 15 is 0 Å². The van der Waals surface area contributed by atoms with E-state index in [2.05, 4.69) is 17.9 Å². The zero-order valence-electron chi connectivity index (χ0n) is 20.6. The molecule has 2 fully saturated rings. The third-order valence-electron chi connectivity index (χ3n) is 7.99. The molecule has 1 atom stereocenters. The maximum Gasteiger partial charge on any atom is 0.421 e. The van der Waals surface area contributed by atoms with Gasteiger partial charge in [0.15, 0.2) is 5.60 Å². The summed E-state index contributed by atoms with van der Waals surface area (Å²) in [6, 6.07) is 15.5. The summed E-state index contributed by atoms with van der Waals surface area (Å²) in [5.74, 6) is -0.254. The molecule has 1 unspecified atom stereocenters. The monoisotopic (exact) mass is 503 g/mol. The lowest BCUT2D eigenvalue weighted by molar-refractivity contribution is -0.306. The van der Waals surface area contributed by atoms with Crippen molar-refractivity contribution in [1.29, 1.82) is 0 Å². The molecule has 0 bridgehead atoms. The SMILES string of the molecule is CC(O)(c1ccc(C(=O)N(C2CC2)C2CCC(CCC([NH3+])=O)(c3ccccc3)CC2)cc1)C(F)(F)F. The Labute approximate surface area is 209 Å². The average Bonchev–Trinajstić information content (AvgIpc) is 3.69. The first-order chi connectivity index (χ1) is 16.9. The number of rotatable bonds is 8. The van der Waals surface area contributed by atoms with Crippen LogP contribution in [0.1, 0.15) is 79.8 Å². The van der Waals surface area contributed by atoms with Gasteiger partial charge in [0.1, 0.15) is 0 Å². The fourth-order valence-electron chi connectivity index (χ4n) is 5.52. The minimum atomic E-state index is -4.82. The second-order valence-electron chi connectivity index (χ2n) is 10.5. The van der Waals surface area contributed by atoms with Gasteiger partial charge in [-0.3, -0.25) is 10.5 Å². The third-order valence-corrected chi connectivity index (χ3v) is 7.99. The van der Waals surface area contributed by atoms with Gasteiger partial charge in [0.05, 0.1) is 6.42 Å². The Morgan fingerprint density at radius 1 is 0.972 bits per heavy atom. The summed E-state index contributed by atoms with van der Waals surface area (Å²) in [4.78, 5) is 27.1. The van der Waals surface area contributed by atoms with Gasteiger partial charge in [0, 0.05) is 17.6 Å². The third kappa shape index (κ3) is 5.34. The summed E-state index contributed by atoms with van der Waals surface area (Å²) in [6.07, 6.45) is 1.45. The van der Waals surface area contributed by atoms with E-state index in [1.165, 1.54) is 29.8 Å². The molecule has 0 aliphatic heterocycles. The topological polar surface area (TPSA) is 85.2 Å². The molecule has 2 aromatic rings. The van der Waals surface area contributed by atoms with Gasteiger partial charge in [-0.25, -0.2) is 4.79 Å². The first-order valence-corrected chi connectivity index (χ1v) is 12.6. The molecule has 0 spiro atoms. The van der Waals surface area contributed by atoms with Crippen molar-refractivity contribution < 1.29 is 33.6 Å². The fourth-order valence-corrected chi connectivity index (χ4v) is 5.52. The van der Waals surface area contributed by atoms with Crippen LogP contribution in [-0.2, 0) is 15.8 Å². The highest BCUT2D eigenvalue weighted by molar-refractivity contribution is 5.95. The Morgan fingerprint density at radius 3 is 2.03 bits per heavy atom. The molecular formula is C28H34F3N2O3+. The van der Waals surface area contributed by atoms with Crippen LogP contribution in [0.5, 0.6) is 0 Å². The molecule has 4 N–H and O–H groups in total. The molecule has 2 saturated carbocycles. The van der Waals surface area contributed by atoms with Gasteiger partial charge in [-0.05, 0) is 80.5 Å². The molecule has 194 valence electrons. The highest BCUT2D eigenvalue weighted by atomic mass is 19.4. The van der Waals surface area contributed by atoms with E-state index in [-0.39, 0.29) is 34.9 Å². The van der Waals surface area contributed by atoms with Crippen LogP contribution in [0.25, 0.3) is 0 Å². The molecule has 2 aliphatic carbocycles. The summed E-state index contributed by atoms with van der Waals surface area (Å²) >= 11 is 0. The van der Waals surface area contributed by atoms with E-state index < -0.39 is 11.8 Å². The highest BCUT2D eigenvalue weighted by Gasteiger charge is 2.51. The molecule has 2 amide bonds. The van der Waals surface area contributed by atoms with Crippen molar-refractivity contribution in [2.75, 3.05) is 0 Å². The zero-order chi connectivity index (χ0) is 26.1. The molecule has 8 heteroatoms. The van der Waals surface area contributed by atoms with Crippen LogP contribution in [0.2, 0.25) is 0 Å². The Hall–Kier alpha value is -2.71. The van der Waals surface area contributed by atoms with Gasteiger partial charge in [0.25, 0.3) is 5.91 Å². The van der Waals surface area contributed by atoms with Crippen LogP contribution in [0.3, 0.4) is 0 Å². The lowest BCUT2D eigenvalue weighted by Crippen LogP contribution is -2.57. The van der Waals surface area contributed by atoms with E-state index in [4.69, 9.17) is 0 Å². The molecule has 2 aromatic carbocycles. The predicted molar refractivity (Wildman–Crippen MR) is 129 cm³/mol. The molecule has 0 heterocycles. The number of amides is 2. The standard InChI is InChI=1S/C28H33F3N2O3/c1-26(36,28(29,30)31)20-9-7-19(8-10-20)25(35)33(22-11-12-22)23-13-16-27(17-14-23,18-15-24(32)34)21-5-3-2-4-6-21/h2-10,22-23,36H,11-18H2,1H3,(H2,32,34)/p+1. The van der Waals surface area contributed by atoms with Crippen LogP contribution in [0.15, 0.2) is 54.6 Å². The molecule has 4 rings (SSSR count). The number of carbonyl (C=O) groups is 2. The summed E-state index contributed by atoms with van der Waals surface area (Å²) < 4.78 is 39.6. The van der Waals surface area contributed by atoms with E-state index in [1.54, 1.807) is 0 Å². The highest BCUT2D eigenvalue weighted by Crippen LogP contribution is 2.46. The van der Waals surface area contributed by atoms with Crippen molar-refractivity contribution in [2.45, 2.75) is 87.6 Å². The van der Waals surface area contributed by atoms with Gasteiger partial charge in [-0.15, -0.1) is 0 Å². The predicted octanol–water partition coefficient (Wildman–Crippen LogP) is 4.49. The molecule has 0 radical (unpaired) electrons. The van der Waals surface area contributed by atoms with Crippen molar-refractivity contribution in [3.8, 4) is 0 Å². The largest absolute Gasteiger partial charge is 0.421 e. The van der Waals surface area contributed by atoms with Crippen LogP contribution in [0.4, 0.5) is 13.2 Å². The number of hydrogen-bond acceptors (Lipinski definition) is 3. The molecule has 36 heavy (non-hydrogen) atoms. The van der Waals surface area contributed by atoms with Crippen molar-refractivity contribution in [3.05, 3.63) is 71.3 Å². The molecule has 0 saturated heterocycles. The van der Waals surface area contributed by atoms with E-state index in [1.807, 2.05) is 23.1 Å². The lowest BCUT2D eigenvalue weighted by Gasteiger charge is -2.44. The lowest BCUT2D eigenvalue weighted by atomic mass is 9.65. The van der Waals surface area contributed by atoms with Gasteiger partial charge in [-0.1, -0.05) is 42.5 Å². The smallest absolute Gasteiger partial charge is 0.376 e. The number of aliphatic hydroxyl groups is 1. The van der Waals surface area contributed by atoms with Crippen molar-refractivity contribution in [1.82, 2.24) is 4.90 Å². The fraction of sp³-hybridized carbons (Fsp3) is 0.500. The second-order valence-corrected chi connectivity index (χ2v) is 10.5. The normalized spacial score (nSPS) is 24.1. The van der Waals surface area contributed by atoms with Crippen molar-refractivity contribution >= 4 is 11.8 Å². The Bertz CT molecular complexity index is 1070. The first kappa shape index (κ1) is 26.4. The van der Waals surface area contributed by atoms with Crippen molar-refractivity contribution in [3.63, 3.8) is 0 Å². The summed E-state index contributed by atoms with van der Waals surface area (Å²) in [5, 5.41) is 9.94. The van der Waals surface area contributed by atoms with Crippen molar-refractivity contribution in [2.24, 2.45) is 0 Å². The van der Waals surface area contributed by atoms with Crippen LogP contribution >= 0.6 is 0 Å². The minimum Gasteiger partial charge on any atom is -0.376 e. The summed E-state index contributed by atoms with van der Waals surface area (Å²) in [7, 11) is 0. The number of carbonyl (C=O) groups excluding carboxylic acids is 2. The quantitative estimate of drug-likeness (QED) is 0.557. The maximum absolute atomic E-state index is 13.5. The Balaban J connectivity index is 1.51. The molecule has 2 aliphatic rings. The maximum atomic E-state index is 13.5. The van der Waals surface area contributed by atoms with Gasteiger partial charge >= 0.3 is 12.1 Å². The zero-order valence-corrected chi connectivity index (χ0v) is 20.6. The van der Waals surface area contributed by atoms with Gasteiger partial charge in [0.2, 0.25) is 0 Å². The van der Waals surface area contributed by atoms with Gasteiger partial charge < -0.3 is 10.0 Å². The Kier molecular flexibility index (Phi) is 7.30. The average molecular weight is 504 g/mol. The molecule has 5 nitrogen and oxygen atoms in total. The van der Waals surface area contributed by atoms with Crippen LogP contribution in [0, 0.1) is 0 Å². The molecule has 0 aromatic heterocycles. The number of nitrogens with zero attached hydrogens (tertiary/aromatic N) is 1. The van der Waals surface area contributed by atoms with Crippen LogP contribution in [-0.4, -0.2) is 40.1 Å². The second kappa shape index (κ2) is 9.98. The summed E-state index contributed by atoms with van der Waals surface area (Å²) in [5.41, 5.74) is 1.67. The summed E-state index contributed by atoms with van der Waals surface area (Å²) in [6.45, 7) is 0.712. The van der Waals surface area contributed by atoms with Gasteiger partial charge in [-0.2, -0.15) is 13.2 Å². The number of benzene rings is 2. The van der Waals surface area contributed by atoms with E-state index in [0.717, 1.165) is 44.9 Å². The van der Waals surface area contributed by atoms with E-state index in [0.29, 0.717) is 18.9 Å². The molecular weight excluding hydrogens is 469 g/mol. The number of halogens is 3. The Morgan fingerprint density at radius 2 is 1.53 bits per heavy atom. The first-order valence-electron chi connectivity index (χ1n) is 12.6.